The van der Waals surface area contributed by atoms with Crippen molar-refractivity contribution >= 4 is 46.8 Å². The highest BCUT2D eigenvalue weighted by Crippen LogP contribution is 2.30. The molecule has 1 aromatic rings. The predicted molar refractivity (Wildman–Crippen MR) is 85.0 cm³/mol. The molecule has 22 heavy (non-hydrogen) atoms. The fraction of sp³-hybridized carbons (Fsp3) is 0.455. The number of carboxylic acids is 2. The Bertz CT molecular complexity index is 618. The monoisotopic (exact) mass is 362 g/mol. The van der Waals surface area contributed by atoms with Crippen molar-refractivity contribution in [3.05, 3.63) is 16.3 Å². The Morgan fingerprint density at radius 2 is 2.23 bits per heavy atom. The van der Waals surface area contributed by atoms with E-state index in [-0.39, 0.29) is 5.70 Å². The van der Waals surface area contributed by atoms with Gasteiger partial charge < -0.3 is 21.3 Å². The number of carboxylic acid groups (broad SMARTS) is 2. The molecule has 0 unspecified atom stereocenters. The molecule has 1 aliphatic rings. The summed E-state index contributed by atoms with van der Waals surface area (Å²) in [4.78, 5) is 22.3. The smallest absolute Gasteiger partial charge is 0.351 e. The Labute approximate surface area is 138 Å². The Balaban J connectivity index is 2.08. The molecule has 11 heteroatoms. The average molecular weight is 362 g/mol. The predicted octanol–water partition coefficient (Wildman–Crippen LogP) is 0.352. The minimum atomic E-state index is -1.17. The third kappa shape index (κ3) is 4.12. The van der Waals surface area contributed by atoms with Gasteiger partial charge >= 0.3 is 11.9 Å². The summed E-state index contributed by atoms with van der Waals surface area (Å²) in [5.74, 6) is -1.43. The third-order valence-electron chi connectivity index (χ3n) is 2.78. The van der Waals surface area contributed by atoms with E-state index in [1.54, 1.807) is 0 Å². The number of aryl methyl sites for hydroxylation is 1. The first kappa shape index (κ1) is 17.1. The van der Waals surface area contributed by atoms with Crippen LogP contribution in [-0.4, -0.2) is 55.3 Å². The fourth-order valence-electron chi connectivity index (χ4n) is 1.68. The van der Waals surface area contributed by atoms with Gasteiger partial charge in [0.25, 0.3) is 0 Å². The summed E-state index contributed by atoms with van der Waals surface area (Å²) in [6.07, 6.45) is 0. The van der Waals surface area contributed by atoms with Crippen LogP contribution in [0.15, 0.2) is 15.6 Å². The zero-order valence-electron chi connectivity index (χ0n) is 11.5. The summed E-state index contributed by atoms with van der Waals surface area (Å²) < 4.78 is 0.768. The molecule has 0 aliphatic carbocycles. The fourth-order valence-corrected chi connectivity index (χ4v) is 4.80. The molecular formula is C11H14N4O4S3. The number of nitrogens with one attached hydrogen (secondary N) is 1. The van der Waals surface area contributed by atoms with Gasteiger partial charge in [0.15, 0.2) is 4.34 Å². The van der Waals surface area contributed by atoms with Crippen molar-refractivity contribution in [2.75, 3.05) is 11.5 Å². The maximum Gasteiger partial charge on any atom is 0.351 e. The van der Waals surface area contributed by atoms with Crippen molar-refractivity contribution in [2.45, 2.75) is 22.7 Å². The Morgan fingerprint density at radius 1 is 1.50 bits per heavy atom. The molecule has 0 radical (unpaired) electrons. The van der Waals surface area contributed by atoms with Crippen LogP contribution in [0.5, 0.6) is 0 Å². The lowest BCUT2D eigenvalue weighted by Gasteiger charge is -2.29. The van der Waals surface area contributed by atoms with Crippen LogP contribution in [-0.2, 0) is 9.59 Å². The summed E-state index contributed by atoms with van der Waals surface area (Å²) in [5.41, 5.74) is 6.25. The molecule has 2 atom stereocenters. The van der Waals surface area contributed by atoms with Crippen LogP contribution in [0.1, 0.15) is 5.01 Å². The molecular weight excluding hydrogens is 348 g/mol. The number of rotatable bonds is 6. The van der Waals surface area contributed by atoms with E-state index in [2.05, 4.69) is 15.5 Å². The van der Waals surface area contributed by atoms with Crippen LogP contribution in [0.4, 0.5) is 0 Å². The maximum atomic E-state index is 11.4. The standard InChI is InChI=1S/C11H14N4O4S3/c1-4-14-15-11(22-4)21-3-5-2-20-8(6(12)9(16)17)13-7(5)10(18)19/h6,8,13H,2-3,12H2,1H3,(H,16,17)(H,18,19)/t6-,8+/m0/s1. The molecule has 0 saturated heterocycles. The quantitative estimate of drug-likeness (QED) is 0.524. The second kappa shape index (κ2) is 7.31. The van der Waals surface area contributed by atoms with Gasteiger partial charge in [0.2, 0.25) is 0 Å². The molecule has 8 nitrogen and oxygen atoms in total. The molecule has 0 aromatic carbocycles. The molecule has 1 aromatic heterocycles. The van der Waals surface area contributed by atoms with Crippen molar-refractivity contribution in [1.82, 2.24) is 15.5 Å². The Kier molecular flexibility index (Phi) is 5.67. The molecule has 0 amide bonds. The zero-order chi connectivity index (χ0) is 16.3. The lowest BCUT2D eigenvalue weighted by atomic mass is 10.2. The number of hydrogen-bond acceptors (Lipinski definition) is 9. The largest absolute Gasteiger partial charge is 0.480 e. The molecule has 0 spiro atoms. The van der Waals surface area contributed by atoms with Crippen molar-refractivity contribution in [3.63, 3.8) is 0 Å². The number of carbonyl (C=O) groups is 2. The lowest BCUT2D eigenvalue weighted by Crippen LogP contribution is -2.50. The van der Waals surface area contributed by atoms with Crippen LogP contribution in [0.3, 0.4) is 0 Å². The molecule has 1 aliphatic heterocycles. The van der Waals surface area contributed by atoms with Gasteiger partial charge in [-0.1, -0.05) is 23.1 Å². The van der Waals surface area contributed by atoms with Crippen LogP contribution >= 0.6 is 34.9 Å². The van der Waals surface area contributed by atoms with Crippen LogP contribution in [0.25, 0.3) is 0 Å². The first-order chi connectivity index (χ1) is 10.4. The molecule has 0 saturated carbocycles. The number of nitrogens with two attached hydrogens (primary N) is 1. The number of aliphatic carboxylic acids is 2. The maximum absolute atomic E-state index is 11.4. The van der Waals surface area contributed by atoms with E-state index >= 15 is 0 Å². The van der Waals surface area contributed by atoms with Gasteiger partial charge in [0.05, 0.1) is 5.37 Å². The van der Waals surface area contributed by atoms with Crippen molar-refractivity contribution in [3.8, 4) is 0 Å². The van der Waals surface area contributed by atoms with Gasteiger partial charge in [-0.2, -0.15) is 0 Å². The van der Waals surface area contributed by atoms with Gasteiger partial charge in [-0.3, -0.25) is 4.79 Å². The van der Waals surface area contributed by atoms with Gasteiger partial charge in [-0.05, 0) is 12.5 Å². The van der Waals surface area contributed by atoms with E-state index in [1.165, 1.54) is 34.9 Å². The van der Waals surface area contributed by atoms with E-state index in [1.807, 2.05) is 6.92 Å². The number of nitrogens with zero attached hydrogens (tertiary/aromatic N) is 2. The van der Waals surface area contributed by atoms with Crippen LogP contribution < -0.4 is 11.1 Å². The number of hydrogen-bond donors (Lipinski definition) is 4. The van der Waals surface area contributed by atoms with E-state index in [4.69, 9.17) is 10.8 Å². The van der Waals surface area contributed by atoms with E-state index < -0.39 is 23.4 Å². The number of thioether (sulfide) groups is 2. The molecule has 0 bridgehead atoms. The van der Waals surface area contributed by atoms with E-state index in [0.29, 0.717) is 17.1 Å². The van der Waals surface area contributed by atoms with Crippen LogP contribution in [0.2, 0.25) is 0 Å². The van der Waals surface area contributed by atoms with Crippen LogP contribution in [0, 0.1) is 6.92 Å². The highest BCUT2D eigenvalue weighted by molar-refractivity contribution is 8.01. The normalized spacial score (nSPS) is 19.6. The molecule has 2 rings (SSSR count). The summed E-state index contributed by atoms with van der Waals surface area (Å²) in [5, 5.41) is 29.0. The first-order valence-corrected chi connectivity index (χ1v) is 8.98. The highest BCUT2D eigenvalue weighted by Gasteiger charge is 2.32. The summed E-state index contributed by atoms with van der Waals surface area (Å²) in [7, 11) is 0. The van der Waals surface area contributed by atoms with Gasteiger partial charge in [-0.15, -0.1) is 22.0 Å². The SMILES string of the molecule is Cc1nnc(SCC2=C(C(=O)O)N[C@@H]([C@H](N)C(=O)O)SC2)s1. The Hall–Kier alpha value is -1.30. The summed E-state index contributed by atoms with van der Waals surface area (Å²) in [6.45, 7) is 1.85. The zero-order valence-corrected chi connectivity index (χ0v) is 13.9. The average Bonchev–Trinajstić information content (AvgIpc) is 2.89. The van der Waals surface area contributed by atoms with E-state index in [0.717, 1.165) is 9.35 Å². The highest BCUT2D eigenvalue weighted by atomic mass is 32.2. The molecule has 120 valence electrons. The minimum Gasteiger partial charge on any atom is -0.480 e. The van der Waals surface area contributed by atoms with Gasteiger partial charge in [0, 0.05) is 11.5 Å². The first-order valence-electron chi connectivity index (χ1n) is 6.13. The molecule has 0 fully saturated rings. The van der Waals surface area contributed by atoms with Crippen molar-refractivity contribution in [1.29, 1.82) is 0 Å². The molecule has 2 heterocycles. The van der Waals surface area contributed by atoms with E-state index in [9.17, 15) is 14.7 Å². The minimum absolute atomic E-state index is 0.0224. The Morgan fingerprint density at radius 3 is 2.77 bits per heavy atom. The van der Waals surface area contributed by atoms with Gasteiger partial charge in [-0.25, -0.2) is 4.79 Å². The summed E-state index contributed by atoms with van der Waals surface area (Å²) >= 11 is 4.13. The summed E-state index contributed by atoms with van der Waals surface area (Å²) in [6, 6.07) is -1.17. The topological polar surface area (TPSA) is 138 Å². The number of aromatic nitrogens is 2. The second-order valence-electron chi connectivity index (χ2n) is 4.40. The molecule has 5 N–H and O–H groups in total. The third-order valence-corrected chi connectivity index (χ3v) is 6.12. The lowest BCUT2D eigenvalue weighted by molar-refractivity contribution is -0.139. The van der Waals surface area contributed by atoms with Gasteiger partial charge in [0.1, 0.15) is 16.7 Å². The van der Waals surface area contributed by atoms with Crippen molar-refractivity contribution < 1.29 is 19.8 Å². The second-order valence-corrected chi connectivity index (χ2v) is 7.93. The van der Waals surface area contributed by atoms with Crippen molar-refractivity contribution in [2.24, 2.45) is 5.73 Å².